The standard InChI is InChI=1S/C27H31N5S/c1(2-4-11-20-32-22-26(30-31-32)24-15-12-18-28-21-24)3-10-19-29-33-27-17-9-8-16-25(27)23-13-6-5-7-14-23/h5-9,12-18,21-22,29H,1-4,10-11,19-20H2. The smallest absolute Gasteiger partial charge is 0.114 e. The summed E-state index contributed by atoms with van der Waals surface area (Å²) in [5.41, 5.74) is 4.45. The molecule has 2 aromatic carbocycles. The maximum Gasteiger partial charge on any atom is 0.114 e. The Kier molecular flexibility index (Phi) is 9.09. The third-order valence-electron chi connectivity index (χ3n) is 5.57. The molecule has 0 amide bonds. The third-order valence-corrected chi connectivity index (χ3v) is 6.49. The molecule has 4 rings (SSSR count). The van der Waals surface area contributed by atoms with Gasteiger partial charge in [-0.25, -0.2) is 0 Å². The molecular formula is C27H31N5S. The van der Waals surface area contributed by atoms with Crippen molar-refractivity contribution in [1.82, 2.24) is 24.7 Å². The minimum Gasteiger partial charge on any atom is -0.264 e. The van der Waals surface area contributed by atoms with Crippen molar-refractivity contribution < 1.29 is 0 Å². The van der Waals surface area contributed by atoms with Gasteiger partial charge in [0.2, 0.25) is 0 Å². The highest BCUT2D eigenvalue weighted by Crippen LogP contribution is 2.29. The number of hydrogen-bond acceptors (Lipinski definition) is 5. The lowest BCUT2D eigenvalue weighted by molar-refractivity contribution is 0.514. The molecule has 4 aromatic rings. The molecule has 2 aromatic heterocycles. The van der Waals surface area contributed by atoms with E-state index in [9.17, 15) is 0 Å². The van der Waals surface area contributed by atoms with E-state index in [1.807, 2.05) is 29.2 Å². The van der Waals surface area contributed by atoms with Gasteiger partial charge in [0.25, 0.3) is 0 Å². The number of aryl methyl sites for hydroxylation is 1. The molecule has 5 nitrogen and oxygen atoms in total. The Bertz CT molecular complexity index is 1080. The van der Waals surface area contributed by atoms with Gasteiger partial charge < -0.3 is 0 Å². The van der Waals surface area contributed by atoms with E-state index in [0.29, 0.717) is 0 Å². The van der Waals surface area contributed by atoms with Gasteiger partial charge in [-0.05, 0) is 54.1 Å². The van der Waals surface area contributed by atoms with Crippen molar-refractivity contribution in [3.05, 3.63) is 85.3 Å². The molecule has 170 valence electrons. The minimum absolute atomic E-state index is 0.889. The number of rotatable bonds is 13. The Balaban J connectivity index is 1.06. The van der Waals surface area contributed by atoms with Crippen LogP contribution in [0.4, 0.5) is 0 Å². The first kappa shape index (κ1) is 23.2. The third kappa shape index (κ3) is 7.27. The van der Waals surface area contributed by atoms with E-state index in [1.54, 1.807) is 18.1 Å². The lowest BCUT2D eigenvalue weighted by Gasteiger charge is -2.10. The number of unbranched alkanes of at least 4 members (excludes halogenated alkanes) is 5. The molecule has 33 heavy (non-hydrogen) atoms. The Labute approximate surface area is 200 Å². The maximum atomic E-state index is 4.25. The summed E-state index contributed by atoms with van der Waals surface area (Å²) in [4.78, 5) is 5.42. The summed E-state index contributed by atoms with van der Waals surface area (Å²) in [6.07, 6.45) is 13.0. The first-order chi connectivity index (χ1) is 16.4. The van der Waals surface area contributed by atoms with Gasteiger partial charge >= 0.3 is 0 Å². The van der Waals surface area contributed by atoms with Gasteiger partial charge in [-0.1, -0.05) is 79.4 Å². The highest BCUT2D eigenvalue weighted by molar-refractivity contribution is 7.97. The van der Waals surface area contributed by atoms with Crippen molar-refractivity contribution >= 4 is 11.9 Å². The Morgan fingerprint density at radius 1 is 0.758 bits per heavy atom. The van der Waals surface area contributed by atoms with Crippen LogP contribution in [-0.4, -0.2) is 26.5 Å². The van der Waals surface area contributed by atoms with Crippen LogP contribution < -0.4 is 4.72 Å². The van der Waals surface area contributed by atoms with Gasteiger partial charge in [0.05, 0.1) is 6.20 Å². The molecule has 0 saturated heterocycles. The SMILES string of the molecule is c1ccc(-c2ccccc2SNCCCCCCCCn2cc(-c3cccnc3)nn2)cc1. The van der Waals surface area contributed by atoms with Crippen molar-refractivity contribution in [3.63, 3.8) is 0 Å². The van der Waals surface area contributed by atoms with E-state index in [0.717, 1.165) is 30.8 Å². The largest absolute Gasteiger partial charge is 0.264 e. The summed E-state index contributed by atoms with van der Waals surface area (Å²) < 4.78 is 5.49. The van der Waals surface area contributed by atoms with E-state index < -0.39 is 0 Å². The monoisotopic (exact) mass is 457 g/mol. The van der Waals surface area contributed by atoms with E-state index in [-0.39, 0.29) is 0 Å². The minimum atomic E-state index is 0.889. The topological polar surface area (TPSA) is 55.6 Å². The summed E-state index contributed by atoms with van der Waals surface area (Å²) in [7, 11) is 0. The molecule has 0 aliphatic rings. The van der Waals surface area contributed by atoms with Crippen LogP contribution >= 0.6 is 11.9 Å². The van der Waals surface area contributed by atoms with Crippen molar-refractivity contribution in [1.29, 1.82) is 0 Å². The van der Waals surface area contributed by atoms with E-state index in [2.05, 4.69) is 74.6 Å². The van der Waals surface area contributed by atoms with Crippen LogP contribution in [0.1, 0.15) is 38.5 Å². The van der Waals surface area contributed by atoms with Crippen LogP contribution in [0.2, 0.25) is 0 Å². The van der Waals surface area contributed by atoms with E-state index in [1.165, 1.54) is 48.1 Å². The average Bonchev–Trinajstić information content (AvgIpc) is 3.35. The fraction of sp³-hybridized carbons (Fsp3) is 0.296. The van der Waals surface area contributed by atoms with Crippen molar-refractivity contribution in [2.75, 3.05) is 6.54 Å². The number of aromatic nitrogens is 4. The van der Waals surface area contributed by atoms with Gasteiger partial charge in [-0.15, -0.1) is 5.10 Å². The molecule has 0 fully saturated rings. The highest BCUT2D eigenvalue weighted by atomic mass is 32.2. The molecular weight excluding hydrogens is 426 g/mol. The average molecular weight is 458 g/mol. The highest BCUT2D eigenvalue weighted by Gasteiger charge is 2.05. The van der Waals surface area contributed by atoms with E-state index >= 15 is 0 Å². The number of benzene rings is 2. The van der Waals surface area contributed by atoms with Crippen molar-refractivity contribution in [3.8, 4) is 22.4 Å². The second-order valence-corrected chi connectivity index (χ2v) is 9.02. The van der Waals surface area contributed by atoms with Gasteiger partial charge in [0.15, 0.2) is 0 Å². The Hall–Kier alpha value is -2.96. The van der Waals surface area contributed by atoms with E-state index in [4.69, 9.17) is 0 Å². The Morgan fingerprint density at radius 2 is 1.52 bits per heavy atom. The first-order valence-electron chi connectivity index (χ1n) is 11.7. The number of hydrogen-bond donors (Lipinski definition) is 1. The van der Waals surface area contributed by atoms with Gasteiger partial charge in [0.1, 0.15) is 5.69 Å². The van der Waals surface area contributed by atoms with Crippen LogP contribution in [0, 0.1) is 0 Å². The van der Waals surface area contributed by atoms with Crippen molar-refractivity contribution in [2.45, 2.75) is 50.0 Å². The van der Waals surface area contributed by atoms with Gasteiger partial charge in [0, 0.05) is 35.9 Å². The number of nitrogens with zero attached hydrogens (tertiary/aromatic N) is 4. The molecule has 0 aliphatic heterocycles. The van der Waals surface area contributed by atoms with Gasteiger partial charge in [-0.2, -0.15) is 0 Å². The molecule has 0 aliphatic carbocycles. The number of pyridine rings is 1. The van der Waals surface area contributed by atoms with Crippen LogP contribution in [-0.2, 0) is 6.54 Å². The summed E-state index contributed by atoms with van der Waals surface area (Å²) in [6.45, 7) is 1.95. The van der Waals surface area contributed by atoms with Crippen LogP contribution in [0.5, 0.6) is 0 Å². The van der Waals surface area contributed by atoms with Crippen LogP contribution in [0.3, 0.4) is 0 Å². The van der Waals surface area contributed by atoms with Gasteiger partial charge in [-0.3, -0.25) is 14.4 Å². The quantitative estimate of drug-likeness (QED) is 0.180. The molecule has 0 spiro atoms. The molecule has 0 unspecified atom stereocenters. The summed E-state index contributed by atoms with van der Waals surface area (Å²) in [6, 6.07) is 23.1. The molecule has 0 atom stereocenters. The summed E-state index contributed by atoms with van der Waals surface area (Å²) in [5.74, 6) is 0. The summed E-state index contributed by atoms with van der Waals surface area (Å²) in [5, 5.41) is 8.49. The fourth-order valence-corrected chi connectivity index (χ4v) is 4.62. The molecule has 6 heteroatoms. The molecule has 2 heterocycles. The van der Waals surface area contributed by atoms with Crippen LogP contribution in [0.25, 0.3) is 22.4 Å². The summed E-state index contributed by atoms with van der Waals surface area (Å²) >= 11 is 1.74. The predicted octanol–water partition coefficient (Wildman–Crippen LogP) is 6.64. The molecule has 0 bridgehead atoms. The first-order valence-corrected chi connectivity index (χ1v) is 12.6. The Morgan fingerprint density at radius 3 is 2.36 bits per heavy atom. The van der Waals surface area contributed by atoms with Crippen molar-refractivity contribution in [2.24, 2.45) is 0 Å². The lowest BCUT2D eigenvalue weighted by atomic mass is 10.1. The fourth-order valence-electron chi connectivity index (χ4n) is 3.77. The normalized spacial score (nSPS) is 11.0. The second-order valence-electron chi connectivity index (χ2n) is 8.09. The molecule has 0 saturated carbocycles. The zero-order valence-corrected chi connectivity index (χ0v) is 19.8. The second kappa shape index (κ2) is 12.9. The maximum absolute atomic E-state index is 4.25. The lowest BCUT2D eigenvalue weighted by Crippen LogP contribution is -2.05. The predicted molar refractivity (Wildman–Crippen MR) is 137 cm³/mol. The zero-order valence-electron chi connectivity index (χ0n) is 18.9. The van der Waals surface area contributed by atoms with Crippen LogP contribution in [0.15, 0.2) is 90.2 Å². The molecule has 1 N–H and O–H groups in total. The molecule has 0 radical (unpaired) electrons. The number of nitrogens with one attached hydrogen (secondary N) is 1. The zero-order chi connectivity index (χ0) is 22.6.